The minimum Gasteiger partial charge on any atom is -0.331 e. The van der Waals surface area contributed by atoms with Crippen molar-refractivity contribution in [1.29, 1.82) is 0 Å². The van der Waals surface area contributed by atoms with Crippen molar-refractivity contribution in [3.63, 3.8) is 0 Å². The highest BCUT2D eigenvalue weighted by molar-refractivity contribution is 7.14. The van der Waals surface area contributed by atoms with Crippen LogP contribution in [0, 0.1) is 20.8 Å². The second-order valence-corrected chi connectivity index (χ2v) is 6.04. The zero-order chi connectivity index (χ0) is 14.8. The number of nitrogens with zero attached hydrogens (tertiary/aromatic N) is 2. The first kappa shape index (κ1) is 13.8. The van der Waals surface area contributed by atoms with Crippen molar-refractivity contribution in [2.24, 2.45) is 0 Å². The van der Waals surface area contributed by atoms with E-state index >= 15 is 0 Å². The van der Waals surface area contributed by atoms with E-state index in [4.69, 9.17) is 0 Å². The third-order valence-electron chi connectivity index (χ3n) is 3.37. The van der Waals surface area contributed by atoms with Crippen molar-refractivity contribution < 1.29 is 0 Å². The van der Waals surface area contributed by atoms with E-state index in [1.165, 1.54) is 16.7 Å². The van der Waals surface area contributed by atoms with Crippen molar-refractivity contribution in [1.82, 2.24) is 9.97 Å². The van der Waals surface area contributed by atoms with Crippen LogP contribution in [0.5, 0.6) is 0 Å². The number of benzene rings is 1. The molecule has 3 aromatic rings. The van der Waals surface area contributed by atoms with Crippen molar-refractivity contribution in [3.8, 4) is 11.3 Å². The van der Waals surface area contributed by atoms with E-state index in [-0.39, 0.29) is 0 Å². The fourth-order valence-corrected chi connectivity index (χ4v) is 3.19. The summed E-state index contributed by atoms with van der Waals surface area (Å²) >= 11 is 1.61. The number of nitrogens with one attached hydrogen (secondary N) is 1. The summed E-state index contributed by atoms with van der Waals surface area (Å²) in [5.41, 5.74) is 6.91. The van der Waals surface area contributed by atoms with E-state index in [0.29, 0.717) is 0 Å². The zero-order valence-electron chi connectivity index (χ0n) is 12.3. The van der Waals surface area contributed by atoms with Gasteiger partial charge in [-0.15, -0.1) is 11.3 Å². The van der Waals surface area contributed by atoms with E-state index in [9.17, 15) is 0 Å². The van der Waals surface area contributed by atoms with Crippen LogP contribution in [-0.4, -0.2) is 9.97 Å². The normalized spacial score (nSPS) is 10.6. The van der Waals surface area contributed by atoms with Gasteiger partial charge < -0.3 is 5.32 Å². The molecular weight excluding hydrogens is 278 g/mol. The van der Waals surface area contributed by atoms with Gasteiger partial charge in [-0.2, -0.15) is 0 Å². The molecular formula is C17H17N3S. The highest BCUT2D eigenvalue weighted by Gasteiger charge is 2.08. The molecule has 106 valence electrons. The van der Waals surface area contributed by atoms with Gasteiger partial charge in [0.1, 0.15) is 0 Å². The second kappa shape index (κ2) is 5.66. The molecule has 4 heteroatoms. The predicted octanol–water partition coefficient (Wildman–Crippen LogP) is 4.87. The van der Waals surface area contributed by atoms with Gasteiger partial charge in [0.05, 0.1) is 5.69 Å². The minimum absolute atomic E-state index is 0.906. The molecule has 2 aromatic heterocycles. The third kappa shape index (κ3) is 2.95. The molecule has 0 saturated carbocycles. The van der Waals surface area contributed by atoms with Crippen LogP contribution in [0.15, 0.2) is 42.0 Å². The number of rotatable bonds is 3. The van der Waals surface area contributed by atoms with E-state index in [1.54, 1.807) is 17.5 Å². The molecule has 1 N–H and O–H groups in total. The summed E-state index contributed by atoms with van der Waals surface area (Å²) in [7, 11) is 0. The fraction of sp³-hybridized carbons (Fsp3) is 0.176. The van der Waals surface area contributed by atoms with Crippen molar-refractivity contribution >= 4 is 22.2 Å². The molecule has 0 aliphatic rings. The SMILES string of the molecule is Cc1cc(C)c(Nc2nc(-c3cccnc3)cs2)c(C)c1. The molecule has 0 amide bonds. The second-order valence-electron chi connectivity index (χ2n) is 5.18. The van der Waals surface area contributed by atoms with E-state index in [2.05, 4.69) is 53.6 Å². The number of hydrogen-bond acceptors (Lipinski definition) is 4. The summed E-state index contributed by atoms with van der Waals surface area (Å²) in [4.78, 5) is 8.78. The Labute approximate surface area is 128 Å². The Morgan fingerprint density at radius 2 is 1.86 bits per heavy atom. The molecule has 0 aliphatic heterocycles. The minimum atomic E-state index is 0.906. The molecule has 0 spiro atoms. The first-order valence-electron chi connectivity index (χ1n) is 6.84. The Kier molecular flexibility index (Phi) is 3.71. The number of aromatic nitrogens is 2. The van der Waals surface area contributed by atoms with Crippen LogP contribution in [0.4, 0.5) is 10.8 Å². The molecule has 0 bridgehead atoms. The Morgan fingerprint density at radius 3 is 2.52 bits per heavy atom. The molecule has 0 unspecified atom stereocenters. The Hall–Kier alpha value is -2.20. The molecule has 3 rings (SSSR count). The zero-order valence-corrected chi connectivity index (χ0v) is 13.2. The summed E-state index contributed by atoms with van der Waals surface area (Å²) in [6.45, 7) is 6.36. The summed E-state index contributed by atoms with van der Waals surface area (Å²) in [5.74, 6) is 0. The monoisotopic (exact) mass is 295 g/mol. The smallest absolute Gasteiger partial charge is 0.187 e. The van der Waals surface area contributed by atoms with Gasteiger partial charge in [0.2, 0.25) is 0 Å². The number of thiazole rings is 1. The van der Waals surface area contributed by atoms with Gasteiger partial charge in [0.25, 0.3) is 0 Å². The van der Waals surface area contributed by atoms with Crippen molar-refractivity contribution in [2.45, 2.75) is 20.8 Å². The van der Waals surface area contributed by atoms with E-state index in [0.717, 1.165) is 22.1 Å². The van der Waals surface area contributed by atoms with Crippen molar-refractivity contribution in [3.05, 3.63) is 58.7 Å². The van der Waals surface area contributed by atoms with Crippen molar-refractivity contribution in [2.75, 3.05) is 5.32 Å². The summed E-state index contributed by atoms with van der Waals surface area (Å²) < 4.78 is 0. The molecule has 0 atom stereocenters. The van der Waals surface area contributed by atoms with E-state index in [1.807, 2.05) is 18.3 Å². The average Bonchev–Trinajstić information content (AvgIpc) is 2.92. The van der Waals surface area contributed by atoms with Gasteiger partial charge in [0, 0.05) is 29.0 Å². The van der Waals surface area contributed by atoms with Gasteiger partial charge in [-0.25, -0.2) is 4.98 Å². The molecule has 3 nitrogen and oxygen atoms in total. The molecule has 0 saturated heterocycles. The maximum atomic E-state index is 4.65. The topological polar surface area (TPSA) is 37.8 Å². The van der Waals surface area contributed by atoms with Crippen LogP contribution in [0.2, 0.25) is 0 Å². The van der Waals surface area contributed by atoms with Gasteiger partial charge in [-0.1, -0.05) is 17.7 Å². The Bertz CT molecular complexity index is 740. The van der Waals surface area contributed by atoms with Crippen LogP contribution >= 0.6 is 11.3 Å². The number of anilines is 2. The molecule has 0 aliphatic carbocycles. The summed E-state index contributed by atoms with van der Waals surface area (Å²) in [6.07, 6.45) is 3.61. The highest BCUT2D eigenvalue weighted by atomic mass is 32.1. The van der Waals surface area contributed by atoms with Crippen LogP contribution < -0.4 is 5.32 Å². The van der Waals surface area contributed by atoms with Gasteiger partial charge in [-0.3, -0.25) is 4.98 Å². The lowest BCUT2D eigenvalue weighted by molar-refractivity contribution is 1.28. The standard InChI is InChI=1S/C17H17N3S/c1-11-7-12(2)16(13(3)8-11)20-17-19-15(10-21-17)14-5-4-6-18-9-14/h4-10H,1-3H3,(H,19,20). The molecule has 0 radical (unpaired) electrons. The maximum Gasteiger partial charge on any atom is 0.187 e. The first-order valence-corrected chi connectivity index (χ1v) is 7.72. The Balaban J connectivity index is 1.89. The lowest BCUT2D eigenvalue weighted by Crippen LogP contribution is -1.96. The van der Waals surface area contributed by atoms with Crippen LogP contribution in [0.1, 0.15) is 16.7 Å². The van der Waals surface area contributed by atoms with Crippen LogP contribution in [-0.2, 0) is 0 Å². The van der Waals surface area contributed by atoms with Crippen LogP contribution in [0.3, 0.4) is 0 Å². The lowest BCUT2D eigenvalue weighted by atomic mass is 10.1. The molecule has 0 fully saturated rings. The van der Waals surface area contributed by atoms with Gasteiger partial charge in [0.15, 0.2) is 5.13 Å². The number of hydrogen-bond donors (Lipinski definition) is 1. The lowest BCUT2D eigenvalue weighted by Gasteiger charge is -2.11. The number of aryl methyl sites for hydroxylation is 3. The van der Waals surface area contributed by atoms with Crippen LogP contribution in [0.25, 0.3) is 11.3 Å². The largest absolute Gasteiger partial charge is 0.331 e. The highest BCUT2D eigenvalue weighted by Crippen LogP contribution is 2.30. The summed E-state index contributed by atoms with van der Waals surface area (Å²) in [5, 5.41) is 6.41. The fourth-order valence-electron chi connectivity index (χ4n) is 2.46. The maximum absolute atomic E-state index is 4.65. The number of pyridine rings is 1. The van der Waals surface area contributed by atoms with Gasteiger partial charge in [-0.05, 0) is 44.0 Å². The third-order valence-corrected chi connectivity index (χ3v) is 4.13. The molecule has 21 heavy (non-hydrogen) atoms. The predicted molar refractivity (Wildman–Crippen MR) is 89.3 cm³/mol. The van der Waals surface area contributed by atoms with Gasteiger partial charge >= 0.3 is 0 Å². The molecule has 2 heterocycles. The van der Waals surface area contributed by atoms with E-state index < -0.39 is 0 Å². The summed E-state index contributed by atoms with van der Waals surface area (Å²) in [6, 6.07) is 8.32. The molecule has 1 aromatic carbocycles. The average molecular weight is 295 g/mol. The first-order chi connectivity index (χ1) is 10.1. The Morgan fingerprint density at radius 1 is 1.10 bits per heavy atom. The quantitative estimate of drug-likeness (QED) is 0.748.